The molecule has 1 aromatic heterocycles. The van der Waals surface area contributed by atoms with Crippen molar-refractivity contribution in [2.75, 3.05) is 0 Å². The summed E-state index contributed by atoms with van der Waals surface area (Å²) in [4.78, 5) is 0. The number of hydrogen-bond acceptors (Lipinski definition) is 2. The highest BCUT2D eigenvalue weighted by molar-refractivity contribution is 6.30. The summed E-state index contributed by atoms with van der Waals surface area (Å²) in [5.41, 5.74) is 1.80. The largest absolute Gasteiger partial charge is 0.388 e. The van der Waals surface area contributed by atoms with Crippen LogP contribution in [-0.4, -0.2) is 14.9 Å². The second kappa shape index (κ2) is 5.84. The first kappa shape index (κ1) is 14.9. The molecule has 1 aromatic rings. The summed E-state index contributed by atoms with van der Waals surface area (Å²) in [6, 6.07) is 0. The number of aryl methyl sites for hydroxylation is 1. The lowest BCUT2D eigenvalue weighted by molar-refractivity contribution is 0.0705. The summed E-state index contributed by atoms with van der Waals surface area (Å²) in [7, 11) is 1.84. The molecular weight excluding hydrogens is 260 g/mol. The maximum absolute atomic E-state index is 10.7. The molecule has 0 spiro atoms. The molecule has 3 nitrogen and oxygen atoms in total. The fourth-order valence-electron chi connectivity index (χ4n) is 3.24. The number of aliphatic hydroxyl groups excluding tert-OH is 1. The van der Waals surface area contributed by atoms with E-state index in [4.69, 9.17) is 11.6 Å². The van der Waals surface area contributed by atoms with E-state index in [1.165, 1.54) is 12.8 Å². The van der Waals surface area contributed by atoms with Gasteiger partial charge in [0.05, 0.1) is 11.8 Å². The monoisotopic (exact) mass is 284 g/mol. The van der Waals surface area contributed by atoms with Crippen molar-refractivity contribution in [3.05, 3.63) is 16.4 Å². The lowest BCUT2D eigenvalue weighted by atomic mass is 9.77. The third-order valence-corrected chi connectivity index (χ3v) is 4.75. The molecule has 0 saturated heterocycles. The van der Waals surface area contributed by atoms with Gasteiger partial charge in [-0.15, -0.1) is 0 Å². The summed E-state index contributed by atoms with van der Waals surface area (Å²) in [5.74, 6) is 1.30. The standard InChI is InChI=1S/C15H25ClN2O/c1-9(2)13-12(15(16)18(4)17-13)14(19)11-7-5-6-10(3)8-11/h9-11,14,19H,5-8H2,1-4H3. The van der Waals surface area contributed by atoms with Crippen molar-refractivity contribution in [1.82, 2.24) is 9.78 Å². The van der Waals surface area contributed by atoms with Gasteiger partial charge in [0.25, 0.3) is 0 Å². The first-order valence-corrected chi connectivity index (χ1v) is 7.70. The Labute approximate surface area is 121 Å². The molecule has 19 heavy (non-hydrogen) atoms. The minimum Gasteiger partial charge on any atom is -0.388 e. The molecule has 1 aliphatic carbocycles. The lowest BCUT2D eigenvalue weighted by Crippen LogP contribution is -2.21. The van der Waals surface area contributed by atoms with E-state index < -0.39 is 6.10 Å². The van der Waals surface area contributed by atoms with Crippen LogP contribution in [0.5, 0.6) is 0 Å². The SMILES string of the molecule is CC1CCCC(C(O)c2c(C(C)C)nn(C)c2Cl)C1. The quantitative estimate of drug-likeness (QED) is 0.909. The molecule has 108 valence electrons. The molecule has 0 aliphatic heterocycles. The van der Waals surface area contributed by atoms with Gasteiger partial charge in [0.15, 0.2) is 0 Å². The molecule has 1 heterocycles. The van der Waals surface area contributed by atoms with Gasteiger partial charge in [-0.2, -0.15) is 5.10 Å². The second-order valence-electron chi connectivity index (χ2n) is 6.34. The highest BCUT2D eigenvalue weighted by atomic mass is 35.5. The van der Waals surface area contributed by atoms with Gasteiger partial charge in [0, 0.05) is 12.6 Å². The third kappa shape index (κ3) is 2.97. The zero-order valence-electron chi connectivity index (χ0n) is 12.4. The Kier molecular flexibility index (Phi) is 4.57. The van der Waals surface area contributed by atoms with Crippen molar-refractivity contribution in [2.24, 2.45) is 18.9 Å². The van der Waals surface area contributed by atoms with E-state index in [0.717, 1.165) is 24.1 Å². The van der Waals surface area contributed by atoms with E-state index in [1.807, 2.05) is 7.05 Å². The smallest absolute Gasteiger partial charge is 0.132 e. The minimum atomic E-state index is -0.471. The summed E-state index contributed by atoms with van der Waals surface area (Å²) in [6.07, 6.45) is 4.19. The molecule has 1 saturated carbocycles. The van der Waals surface area contributed by atoms with Crippen LogP contribution in [0, 0.1) is 11.8 Å². The van der Waals surface area contributed by atoms with Crippen molar-refractivity contribution in [3.63, 3.8) is 0 Å². The van der Waals surface area contributed by atoms with E-state index in [-0.39, 0.29) is 5.92 Å². The third-order valence-electron chi connectivity index (χ3n) is 4.31. The Balaban J connectivity index is 2.29. The Morgan fingerprint density at radius 3 is 2.63 bits per heavy atom. The van der Waals surface area contributed by atoms with E-state index in [0.29, 0.717) is 17.0 Å². The molecular formula is C15H25ClN2O. The summed E-state index contributed by atoms with van der Waals surface area (Å²) in [6.45, 7) is 6.46. The van der Waals surface area contributed by atoms with Crippen molar-refractivity contribution in [3.8, 4) is 0 Å². The van der Waals surface area contributed by atoms with Crippen LogP contribution in [-0.2, 0) is 7.05 Å². The van der Waals surface area contributed by atoms with Gasteiger partial charge in [-0.25, -0.2) is 0 Å². The van der Waals surface area contributed by atoms with Gasteiger partial charge in [0.1, 0.15) is 5.15 Å². The number of rotatable bonds is 3. The van der Waals surface area contributed by atoms with Crippen LogP contribution >= 0.6 is 11.6 Å². The number of hydrogen-bond donors (Lipinski definition) is 1. The fraction of sp³-hybridized carbons (Fsp3) is 0.800. The average molecular weight is 285 g/mol. The number of aliphatic hydroxyl groups is 1. The molecule has 4 heteroatoms. The molecule has 1 aliphatic rings. The van der Waals surface area contributed by atoms with Gasteiger partial charge in [-0.05, 0) is 30.6 Å². The topological polar surface area (TPSA) is 38.1 Å². The predicted molar refractivity (Wildman–Crippen MR) is 78.4 cm³/mol. The Bertz CT molecular complexity index is 442. The van der Waals surface area contributed by atoms with Gasteiger partial charge >= 0.3 is 0 Å². The van der Waals surface area contributed by atoms with Crippen LogP contribution in [0.25, 0.3) is 0 Å². The van der Waals surface area contributed by atoms with E-state index in [2.05, 4.69) is 25.9 Å². The molecule has 1 fully saturated rings. The molecule has 2 rings (SSSR count). The first-order valence-electron chi connectivity index (χ1n) is 7.32. The predicted octanol–water partition coefficient (Wildman–Crippen LogP) is 4.06. The number of halogens is 1. The minimum absolute atomic E-state index is 0.282. The van der Waals surface area contributed by atoms with Gasteiger partial charge in [-0.1, -0.05) is 45.2 Å². The Morgan fingerprint density at radius 1 is 1.37 bits per heavy atom. The molecule has 0 amide bonds. The van der Waals surface area contributed by atoms with Crippen molar-refractivity contribution >= 4 is 11.6 Å². The van der Waals surface area contributed by atoms with Crippen LogP contribution in [0.4, 0.5) is 0 Å². The van der Waals surface area contributed by atoms with E-state index in [9.17, 15) is 5.11 Å². The Hall–Kier alpha value is -0.540. The Morgan fingerprint density at radius 2 is 2.05 bits per heavy atom. The summed E-state index contributed by atoms with van der Waals surface area (Å²) >= 11 is 6.35. The van der Waals surface area contributed by atoms with Crippen molar-refractivity contribution < 1.29 is 5.11 Å². The number of aromatic nitrogens is 2. The molecule has 0 aromatic carbocycles. The molecule has 3 unspecified atom stereocenters. The van der Waals surface area contributed by atoms with E-state index in [1.54, 1.807) is 4.68 Å². The highest BCUT2D eigenvalue weighted by Crippen LogP contribution is 2.41. The lowest BCUT2D eigenvalue weighted by Gasteiger charge is -2.30. The zero-order valence-corrected chi connectivity index (χ0v) is 13.1. The van der Waals surface area contributed by atoms with Crippen molar-refractivity contribution in [2.45, 2.75) is 58.5 Å². The number of nitrogens with zero attached hydrogens (tertiary/aromatic N) is 2. The van der Waals surface area contributed by atoms with E-state index >= 15 is 0 Å². The van der Waals surface area contributed by atoms with Gasteiger partial charge in [0.2, 0.25) is 0 Å². The summed E-state index contributed by atoms with van der Waals surface area (Å²) < 4.78 is 1.68. The molecule has 3 atom stereocenters. The molecule has 0 radical (unpaired) electrons. The normalized spacial score (nSPS) is 25.8. The fourth-order valence-corrected chi connectivity index (χ4v) is 3.49. The average Bonchev–Trinajstić information content (AvgIpc) is 2.65. The maximum atomic E-state index is 10.7. The maximum Gasteiger partial charge on any atom is 0.132 e. The van der Waals surface area contributed by atoms with Crippen LogP contribution in [0.3, 0.4) is 0 Å². The van der Waals surface area contributed by atoms with Crippen LogP contribution in [0.15, 0.2) is 0 Å². The van der Waals surface area contributed by atoms with Crippen LogP contribution in [0.2, 0.25) is 5.15 Å². The van der Waals surface area contributed by atoms with Crippen LogP contribution < -0.4 is 0 Å². The summed E-state index contributed by atoms with van der Waals surface area (Å²) in [5, 5.41) is 15.8. The highest BCUT2D eigenvalue weighted by Gasteiger charge is 2.32. The van der Waals surface area contributed by atoms with Gasteiger partial charge in [-0.3, -0.25) is 4.68 Å². The molecule has 1 N–H and O–H groups in total. The van der Waals surface area contributed by atoms with Crippen molar-refractivity contribution in [1.29, 1.82) is 0 Å². The first-order chi connectivity index (χ1) is 8.91. The van der Waals surface area contributed by atoms with Crippen LogP contribution in [0.1, 0.15) is 69.7 Å². The second-order valence-corrected chi connectivity index (χ2v) is 6.70. The zero-order chi connectivity index (χ0) is 14.2. The van der Waals surface area contributed by atoms with Gasteiger partial charge < -0.3 is 5.11 Å². The molecule has 0 bridgehead atoms.